The number of nitrogens with zero attached hydrogens (tertiary/aromatic N) is 2. The van der Waals surface area contributed by atoms with Crippen molar-refractivity contribution in [1.29, 1.82) is 0 Å². The Labute approximate surface area is 116 Å². The summed E-state index contributed by atoms with van der Waals surface area (Å²) < 4.78 is 0. The summed E-state index contributed by atoms with van der Waals surface area (Å²) in [7, 11) is 0. The van der Waals surface area contributed by atoms with Gasteiger partial charge in [-0.05, 0) is 25.8 Å². The summed E-state index contributed by atoms with van der Waals surface area (Å²) in [6, 6.07) is 1.88. The minimum Gasteiger partial charge on any atom is -0.361 e. The van der Waals surface area contributed by atoms with Crippen LogP contribution in [-0.4, -0.2) is 28.5 Å². The second kappa shape index (κ2) is 5.71. The molecule has 1 fully saturated rings. The zero-order chi connectivity index (χ0) is 14.0. The van der Waals surface area contributed by atoms with Gasteiger partial charge in [0, 0.05) is 24.3 Å². The molecule has 0 amide bonds. The van der Waals surface area contributed by atoms with Crippen molar-refractivity contribution in [1.82, 2.24) is 10.3 Å². The van der Waals surface area contributed by atoms with Gasteiger partial charge in [0.2, 0.25) is 5.82 Å². The minimum absolute atomic E-state index is 0.0779. The number of hydrogen-bond donors (Lipinski definition) is 2. The number of anilines is 1. The van der Waals surface area contributed by atoms with Crippen LogP contribution in [0.2, 0.25) is 5.02 Å². The van der Waals surface area contributed by atoms with Gasteiger partial charge in [0.1, 0.15) is 0 Å². The van der Waals surface area contributed by atoms with E-state index in [0.717, 1.165) is 13.0 Å². The maximum absolute atomic E-state index is 11.0. The molecule has 1 saturated heterocycles. The number of rotatable bonds is 3. The Bertz CT molecular complexity index is 483. The van der Waals surface area contributed by atoms with Crippen LogP contribution in [0.3, 0.4) is 0 Å². The van der Waals surface area contributed by atoms with E-state index < -0.39 is 4.92 Å². The van der Waals surface area contributed by atoms with Gasteiger partial charge in [0.15, 0.2) is 0 Å². The van der Waals surface area contributed by atoms with E-state index in [0.29, 0.717) is 17.8 Å². The van der Waals surface area contributed by atoms with Crippen LogP contribution < -0.4 is 10.6 Å². The van der Waals surface area contributed by atoms with Gasteiger partial charge in [-0.2, -0.15) is 0 Å². The maximum atomic E-state index is 11.0. The third-order valence-corrected chi connectivity index (χ3v) is 3.64. The van der Waals surface area contributed by atoms with Crippen LogP contribution in [0.15, 0.2) is 12.3 Å². The van der Waals surface area contributed by atoms with Crippen molar-refractivity contribution in [2.24, 2.45) is 5.92 Å². The molecule has 19 heavy (non-hydrogen) atoms. The largest absolute Gasteiger partial charge is 0.361 e. The molecule has 0 bridgehead atoms. The third kappa shape index (κ3) is 3.33. The number of nitrogens with one attached hydrogen (secondary N) is 2. The van der Waals surface area contributed by atoms with E-state index in [1.165, 1.54) is 12.3 Å². The van der Waals surface area contributed by atoms with E-state index in [1.807, 2.05) is 0 Å². The molecule has 0 aromatic carbocycles. The standard InChI is InChI=1S/C12H17ClN4O2/c1-7-5-14-8(2)3-10(7)16-12-11(17(18)19)4-9(13)6-15-12/h4,6-8,10,14H,3,5H2,1-2H3,(H,15,16)/t7-,8+,10?/m0/s1. The zero-order valence-electron chi connectivity index (χ0n) is 10.9. The Morgan fingerprint density at radius 3 is 3.00 bits per heavy atom. The van der Waals surface area contributed by atoms with Crippen molar-refractivity contribution >= 4 is 23.1 Å². The van der Waals surface area contributed by atoms with Gasteiger partial charge in [-0.25, -0.2) is 4.98 Å². The first kappa shape index (κ1) is 14.0. The fraction of sp³-hybridized carbons (Fsp3) is 0.583. The van der Waals surface area contributed by atoms with E-state index in [9.17, 15) is 10.1 Å². The fourth-order valence-corrected chi connectivity index (χ4v) is 2.43. The van der Waals surface area contributed by atoms with Crippen LogP contribution in [0.4, 0.5) is 11.5 Å². The minimum atomic E-state index is -0.462. The average Bonchev–Trinajstić information content (AvgIpc) is 2.35. The Morgan fingerprint density at radius 1 is 1.58 bits per heavy atom. The molecule has 1 aromatic rings. The molecule has 7 heteroatoms. The Kier molecular flexibility index (Phi) is 4.21. The number of hydrogen-bond acceptors (Lipinski definition) is 5. The Morgan fingerprint density at radius 2 is 2.32 bits per heavy atom. The SMILES string of the molecule is C[C@@H]1CC(Nc2ncc(Cl)cc2[N+](=O)[O-])[C@@H](C)CN1. The fourth-order valence-electron chi connectivity index (χ4n) is 2.28. The molecule has 2 rings (SSSR count). The molecule has 1 aliphatic rings. The summed E-state index contributed by atoms with van der Waals surface area (Å²) in [6.45, 7) is 5.10. The van der Waals surface area contributed by atoms with Crippen molar-refractivity contribution in [3.05, 3.63) is 27.4 Å². The summed E-state index contributed by atoms with van der Waals surface area (Å²) in [5.41, 5.74) is -0.0779. The van der Waals surface area contributed by atoms with E-state index in [-0.39, 0.29) is 16.8 Å². The van der Waals surface area contributed by atoms with Gasteiger partial charge >= 0.3 is 5.69 Å². The molecule has 104 valence electrons. The van der Waals surface area contributed by atoms with Crippen LogP contribution in [-0.2, 0) is 0 Å². The molecule has 0 spiro atoms. The van der Waals surface area contributed by atoms with Crippen LogP contribution in [0.1, 0.15) is 20.3 Å². The van der Waals surface area contributed by atoms with Gasteiger partial charge in [0.25, 0.3) is 0 Å². The van der Waals surface area contributed by atoms with E-state index >= 15 is 0 Å². The number of nitro groups is 1. The van der Waals surface area contributed by atoms with Crippen LogP contribution in [0, 0.1) is 16.0 Å². The van der Waals surface area contributed by atoms with Gasteiger partial charge < -0.3 is 10.6 Å². The first-order valence-corrected chi connectivity index (χ1v) is 6.65. The molecule has 6 nitrogen and oxygen atoms in total. The normalized spacial score (nSPS) is 27.0. The number of halogens is 1. The van der Waals surface area contributed by atoms with Gasteiger partial charge in [0.05, 0.1) is 9.95 Å². The Hall–Kier alpha value is -1.40. The van der Waals surface area contributed by atoms with Gasteiger partial charge in [-0.1, -0.05) is 18.5 Å². The summed E-state index contributed by atoms with van der Waals surface area (Å²) in [6.07, 6.45) is 2.33. The van der Waals surface area contributed by atoms with Crippen molar-refractivity contribution in [3.8, 4) is 0 Å². The smallest absolute Gasteiger partial charge is 0.312 e. The van der Waals surface area contributed by atoms with Crippen molar-refractivity contribution in [2.45, 2.75) is 32.4 Å². The van der Waals surface area contributed by atoms with Gasteiger partial charge in [-0.15, -0.1) is 0 Å². The summed E-state index contributed by atoms with van der Waals surface area (Å²) in [4.78, 5) is 14.6. The number of pyridine rings is 1. The molecule has 0 saturated carbocycles. The first-order chi connectivity index (χ1) is 8.97. The monoisotopic (exact) mass is 284 g/mol. The highest BCUT2D eigenvalue weighted by molar-refractivity contribution is 6.30. The third-order valence-electron chi connectivity index (χ3n) is 3.44. The number of piperidine rings is 1. The lowest BCUT2D eigenvalue weighted by Crippen LogP contribution is -2.47. The molecule has 2 heterocycles. The van der Waals surface area contributed by atoms with Crippen molar-refractivity contribution < 1.29 is 4.92 Å². The highest BCUT2D eigenvalue weighted by Crippen LogP contribution is 2.28. The van der Waals surface area contributed by atoms with E-state index in [2.05, 4.69) is 29.5 Å². The summed E-state index contributed by atoms with van der Waals surface area (Å²) >= 11 is 5.75. The lowest BCUT2D eigenvalue weighted by Gasteiger charge is -2.34. The highest BCUT2D eigenvalue weighted by atomic mass is 35.5. The molecule has 1 aliphatic heterocycles. The lowest BCUT2D eigenvalue weighted by molar-refractivity contribution is -0.384. The highest BCUT2D eigenvalue weighted by Gasteiger charge is 2.27. The quantitative estimate of drug-likeness (QED) is 0.658. The van der Waals surface area contributed by atoms with E-state index in [4.69, 9.17) is 11.6 Å². The molecular weight excluding hydrogens is 268 g/mol. The topological polar surface area (TPSA) is 80.1 Å². The molecule has 0 radical (unpaired) electrons. The van der Waals surface area contributed by atoms with Crippen LogP contribution in [0.5, 0.6) is 0 Å². The summed E-state index contributed by atoms with van der Waals surface area (Å²) in [5, 5.41) is 17.8. The molecule has 2 N–H and O–H groups in total. The first-order valence-electron chi connectivity index (χ1n) is 6.27. The maximum Gasteiger partial charge on any atom is 0.312 e. The van der Waals surface area contributed by atoms with Crippen molar-refractivity contribution in [2.75, 3.05) is 11.9 Å². The summed E-state index contributed by atoms with van der Waals surface area (Å²) in [5.74, 6) is 0.675. The molecule has 1 aromatic heterocycles. The second-order valence-electron chi connectivity index (χ2n) is 5.05. The molecular formula is C12H17ClN4O2. The second-order valence-corrected chi connectivity index (χ2v) is 5.49. The zero-order valence-corrected chi connectivity index (χ0v) is 11.6. The molecule has 0 aliphatic carbocycles. The van der Waals surface area contributed by atoms with Crippen LogP contribution >= 0.6 is 11.6 Å². The Balaban J connectivity index is 2.20. The average molecular weight is 285 g/mol. The van der Waals surface area contributed by atoms with Crippen molar-refractivity contribution in [3.63, 3.8) is 0 Å². The predicted octanol–water partition coefficient (Wildman–Crippen LogP) is 2.44. The predicted molar refractivity (Wildman–Crippen MR) is 74.6 cm³/mol. The van der Waals surface area contributed by atoms with E-state index in [1.54, 1.807) is 0 Å². The lowest BCUT2D eigenvalue weighted by atomic mass is 9.91. The van der Waals surface area contributed by atoms with Gasteiger partial charge in [-0.3, -0.25) is 10.1 Å². The van der Waals surface area contributed by atoms with Crippen LogP contribution in [0.25, 0.3) is 0 Å². The number of aromatic nitrogens is 1. The molecule has 3 atom stereocenters. The molecule has 1 unspecified atom stereocenters.